The Morgan fingerprint density at radius 2 is 0.930 bits per heavy atom. The fourth-order valence-electron chi connectivity index (χ4n) is 5.17. The number of hydrogen-bond donors (Lipinski definition) is 1. The monoisotopic (exact) mass is 791 g/mol. The van der Waals surface area contributed by atoms with Gasteiger partial charge in [0, 0.05) is 19.3 Å². The summed E-state index contributed by atoms with van der Waals surface area (Å²) in [7, 11) is 5.46. The average molecular weight is 791 g/mol. The first kappa shape index (κ1) is 52.7. The van der Waals surface area contributed by atoms with Crippen LogP contribution in [0.1, 0.15) is 117 Å². The van der Waals surface area contributed by atoms with Crippen LogP contribution in [0.3, 0.4) is 0 Å². The number of hydrogen-bond acceptors (Lipinski definition) is 6. The summed E-state index contributed by atoms with van der Waals surface area (Å²) >= 11 is 0. The van der Waals surface area contributed by atoms with Crippen LogP contribution in [-0.2, 0) is 28.6 Å². The quantitative estimate of drug-likeness (QED) is 0.0295. The minimum absolute atomic E-state index is 0.00417. The van der Waals surface area contributed by atoms with Crippen LogP contribution in [0.2, 0.25) is 0 Å². The molecule has 0 spiro atoms. The van der Waals surface area contributed by atoms with Gasteiger partial charge in [-0.2, -0.15) is 0 Å². The fourth-order valence-corrected chi connectivity index (χ4v) is 5.17. The third-order valence-corrected chi connectivity index (χ3v) is 8.37. The van der Waals surface area contributed by atoms with E-state index in [1.807, 2.05) is 33.3 Å². The number of allylic oxidation sites excluding steroid dienone is 20. The van der Waals surface area contributed by atoms with Crippen molar-refractivity contribution in [3.05, 3.63) is 122 Å². The first-order valence-corrected chi connectivity index (χ1v) is 21.1. The highest BCUT2D eigenvalue weighted by Gasteiger charge is 2.31. The molecule has 57 heavy (non-hydrogen) atoms. The Bertz CT molecular complexity index is 1340. The lowest BCUT2D eigenvalue weighted by molar-refractivity contribution is -0.887. The zero-order valence-corrected chi connectivity index (χ0v) is 36.0. The molecule has 318 valence electrons. The van der Waals surface area contributed by atoms with E-state index in [0.29, 0.717) is 19.3 Å². The molecule has 0 aromatic carbocycles. The van der Waals surface area contributed by atoms with Gasteiger partial charge in [0.05, 0.1) is 34.4 Å². The third kappa shape index (κ3) is 37.1. The Morgan fingerprint density at radius 3 is 1.33 bits per heavy atom. The van der Waals surface area contributed by atoms with Crippen molar-refractivity contribution < 1.29 is 38.2 Å². The Labute approximate surface area is 346 Å². The molecule has 8 heteroatoms. The molecule has 0 heterocycles. The van der Waals surface area contributed by atoms with Crippen LogP contribution < -0.4 is 0 Å². The number of carbonyl (C=O) groups excluding carboxylic acids is 2. The van der Waals surface area contributed by atoms with Gasteiger partial charge in [0.25, 0.3) is 0 Å². The van der Waals surface area contributed by atoms with Gasteiger partial charge in [-0.1, -0.05) is 135 Å². The highest BCUT2D eigenvalue weighted by molar-refractivity contribution is 5.72. The predicted octanol–water partition coefficient (Wildman–Crippen LogP) is 11.5. The summed E-state index contributed by atoms with van der Waals surface area (Å²) in [5.41, 5.74) is 0. The van der Waals surface area contributed by atoms with E-state index in [1.54, 1.807) is 0 Å². The molecule has 0 saturated heterocycles. The van der Waals surface area contributed by atoms with Crippen LogP contribution in [0.25, 0.3) is 0 Å². The van der Waals surface area contributed by atoms with E-state index >= 15 is 0 Å². The van der Waals surface area contributed by atoms with E-state index in [0.717, 1.165) is 70.6 Å². The van der Waals surface area contributed by atoms with Gasteiger partial charge in [0.15, 0.2) is 12.1 Å². The van der Waals surface area contributed by atoms with Gasteiger partial charge >= 0.3 is 17.9 Å². The highest BCUT2D eigenvalue weighted by atomic mass is 16.6. The summed E-state index contributed by atoms with van der Waals surface area (Å²) in [6.45, 7) is 4.33. The van der Waals surface area contributed by atoms with Gasteiger partial charge in [-0.25, -0.2) is 4.79 Å². The number of ether oxygens (including phenoxy) is 3. The van der Waals surface area contributed by atoms with Crippen molar-refractivity contribution >= 4 is 17.9 Å². The summed E-state index contributed by atoms with van der Waals surface area (Å²) in [6.07, 6.45) is 54.1. The molecule has 2 atom stereocenters. The maximum atomic E-state index is 12.7. The van der Waals surface area contributed by atoms with E-state index in [1.165, 1.54) is 0 Å². The SMILES string of the molecule is CC/C=C/C/C=C/C/C=C/C/C=C/C/C=C/CCCC(=O)OCC(COCCC(C(=O)O)[N+](C)(C)C)OC(=O)CC/C=C/C/C=C/C/C=C/C/C=C/C/C=C/CC. The summed E-state index contributed by atoms with van der Waals surface area (Å²) in [4.78, 5) is 36.9. The zero-order valence-electron chi connectivity index (χ0n) is 36.0. The van der Waals surface area contributed by atoms with Gasteiger partial charge in [-0.15, -0.1) is 0 Å². The van der Waals surface area contributed by atoms with E-state index in [9.17, 15) is 19.5 Å². The van der Waals surface area contributed by atoms with E-state index in [4.69, 9.17) is 14.2 Å². The molecule has 8 nitrogen and oxygen atoms in total. The van der Waals surface area contributed by atoms with E-state index < -0.39 is 24.1 Å². The second kappa shape index (κ2) is 38.6. The maximum Gasteiger partial charge on any atom is 0.362 e. The van der Waals surface area contributed by atoms with Crippen LogP contribution in [0.15, 0.2) is 122 Å². The van der Waals surface area contributed by atoms with Crippen LogP contribution in [0, 0.1) is 0 Å². The number of rotatable bonds is 35. The molecule has 0 radical (unpaired) electrons. The van der Waals surface area contributed by atoms with Crippen LogP contribution in [0.5, 0.6) is 0 Å². The molecule has 2 unspecified atom stereocenters. The smallest absolute Gasteiger partial charge is 0.362 e. The summed E-state index contributed by atoms with van der Waals surface area (Å²) in [5.74, 6) is -1.67. The molecule has 0 aliphatic carbocycles. The minimum Gasteiger partial charge on any atom is -0.477 e. The number of carboxylic acids is 1. The Kier molecular flexibility index (Phi) is 35.7. The molecule has 0 fully saturated rings. The predicted molar refractivity (Wildman–Crippen MR) is 238 cm³/mol. The minimum atomic E-state index is -0.900. The number of quaternary nitrogens is 1. The Morgan fingerprint density at radius 1 is 0.526 bits per heavy atom. The topological polar surface area (TPSA) is 99.1 Å². The first-order valence-electron chi connectivity index (χ1n) is 21.1. The van der Waals surface area contributed by atoms with Gasteiger partial charge < -0.3 is 23.8 Å². The molecule has 1 N–H and O–H groups in total. The van der Waals surface area contributed by atoms with Crippen molar-refractivity contribution in [3.63, 3.8) is 0 Å². The molecule has 0 aliphatic rings. The highest BCUT2D eigenvalue weighted by Crippen LogP contribution is 2.10. The fraction of sp³-hybridized carbons (Fsp3) is 0.531. The van der Waals surface area contributed by atoms with Crippen molar-refractivity contribution in [2.45, 2.75) is 129 Å². The number of carboxylic acid groups (broad SMARTS) is 1. The van der Waals surface area contributed by atoms with E-state index in [-0.39, 0.29) is 43.1 Å². The number of esters is 2. The lowest BCUT2D eigenvalue weighted by Gasteiger charge is -2.31. The average Bonchev–Trinajstić information content (AvgIpc) is 3.17. The first-order chi connectivity index (χ1) is 27.6. The van der Waals surface area contributed by atoms with E-state index in [2.05, 4.69) is 123 Å². The molecule has 0 rings (SSSR count). The molecule has 0 bridgehead atoms. The summed E-state index contributed by atoms with van der Waals surface area (Å²) < 4.78 is 17.1. The van der Waals surface area contributed by atoms with Crippen molar-refractivity contribution in [1.82, 2.24) is 0 Å². The van der Waals surface area contributed by atoms with Gasteiger partial charge in [0.1, 0.15) is 6.61 Å². The van der Waals surface area contributed by atoms with Crippen molar-refractivity contribution in [2.75, 3.05) is 41.0 Å². The molecular formula is C49H76NO7+. The lowest BCUT2D eigenvalue weighted by atomic mass is 10.1. The Hall–Kier alpha value is -4.27. The summed E-state index contributed by atoms with van der Waals surface area (Å²) in [6, 6.07) is -0.643. The Balaban J connectivity index is 4.62. The molecule has 0 aliphatic heterocycles. The second-order valence-electron chi connectivity index (χ2n) is 14.5. The van der Waals surface area contributed by atoms with Crippen LogP contribution in [0.4, 0.5) is 0 Å². The molecule has 0 aromatic heterocycles. The number of likely N-dealkylation sites (N-methyl/N-ethyl adjacent to an activating group) is 1. The zero-order chi connectivity index (χ0) is 42.1. The second-order valence-corrected chi connectivity index (χ2v) is 14.5. The maximum absolute atomic E-state index is 12.7. The van der Waals surface area contributed by atoms with Crippen molar-refractivity contribution in [3.8, 4) is 0 Å². The molecule has 0 saturated carbocycles. The number of unbranched alkanes of at least 4 members (excludes halogenated alkanes) is 1. The standard InChI is InChI=1S/C49H75NO7/c1-6-8-10-12-14-16-18-20-22-24-26-27-29-31-33-35-37-39-47(51)56-44-45(43-55-42-41-46(49(53)54)50(3,4)5)57-48(52)40-38-36-34-32-30-28-25-23-21-19-17-15-13-11-9-7-2/h8-11,14-17,20-23,26-28,30-31,33-34,36,45-46H,6-7,12-13,18-19,24-25,29,32,35,37-44H2,1-5H3/p+1/b10-8+,11-9+,16-14+,17-15+,22-20+,23-21+,27-26+,30-28+,33-31+,36-34+. The van der Waals surface area contributed by atoms with Gasteiger partial charge in [-0.3, -0.25) is 9.59 Å². The number of aliphatic carboxylic acids is 1. The van der Waals surface area contributed by atoms with Crippen LogP contribution in [-0.4, -0.2) is 80.6 Å². The third-order valence-electron chi connectivity index (χ3n) is 8.37. The molecule has 0 amide bonds. The summed E-state index contributed by atoms with van der Waals surface area (Å²) in [5, 5.41) is 9.61. The molecule has 0 aromatic rings. The van der Waals surface area contributed by atoms with Crippen molar-refractivity contribution in [2.24, 2.45) is 0 Å². The lowest BCUT2D eigenvalue weighted by Crippen LogP contribution is -2.50. The van der Waals surface area contributed by atoms with Crippen molar-refractivity contribution in [1.29, 1.82) is 0 Å². The largest absolute Gasteiger partial charge is 0.477 e. The normalized spacial score (nSPS) is 14.2. The molecular weight excluding hydrogens is 715 g/mol. The van der Waals surface area contributed by atoms with Crippen LogP contribution >= 0.6 is 0 Å². The van der Waals surface area contributed by atoms with Gasteiger partial charge in [0.2, 0.25) is 0 Å². The van der Waals surface area contributed by atoms with Gasteiger partial charge in [-0.05, 0) is 83.5 Å². The number of carbonyl (C=O) groups is 3. The number of nitrogens with zero attached hydrogens (tertiary/aromatic N) is 1.